The highest BCUT2D eigenvalue weighted by Crippen LogP contribution is 2.56. The van der Waals surface area contributed by atoms with Crippen LogP contribution in [0.2, 0.25) is 0 Å². The van der Waals surface area contributed by atoms with Crippen LogP contribution in [0.4, 0.5) is 0 Å². The first-order valence-corrected chi connectivity index (χ1v) is 10.8. The molecule has 6 nitrogen and oxygen atoms in total. The summed E-state index contributed by atoms with van der Waals surface area (Å²) in [4.78, 5) is 25.5. The van der Waals surface area contributed by atoms with Gasteiger partial charge in [0.2, 0.25) is 5.91 Å². The molecule has 1 aromatic rings. The van der Waals surface area contributed by atoms with Gasteiger partial charge in [-0.15, -0.1) is 0 Å². The molecular formula is C23H32N2O4. The first-order valence-electron chi connectivity index (χ1n) is 10.8. The van der Waals surface area contributed by atoms with Crippen molar-refractivity contribution in [2.24, 2.45) is 5.92 Å². The topological polar surface area (TPSA) is 98.7 Å². The fraction of sp³-hybridized carbons (Fsp3) is 0.652. The number of nitrogens with one attached hydrogen (secondary N) is 2. The summed E-state index contributed by atoms with van der Waals surface area (Å²) in [6.45, 7) is 6.82. The van der Waals surface area contributed by atoms with Crippen LogP contribution in [0.15, 0.2) is 12.1 Å². The number of benzene rings is 1. The molecule has 29 heavy (non-hydrogen) atoms. The minimum atomic E-state index is -1.14. The van der Waals surface area contributed by atoms with Crippen LogP contribution in [0.3, 0.4) is 0 Å². The van der Waals surface area contributed by atoms with Gasteiger partial charge >= 0.3 is 0 Å². The summed E-state index contributed by atoms with van der Waals surface area (Å²) in [7, 11) is 0. The zero-order valence-corrected chi connectivity index (χ0v) is 17.5. The highest BCUT2D eigenvalue weighted by atomic mass is 16.3. The lowest BCUT2D eigenvalue weighted by molar-refractivity contribution is -0.156. The van der Waals surface area contributed by atoms with Crippen LogP contribution in [0, 0.1) is 12.8 Å². The molecule has 2 aliphatic carbocycles. The second-order valence-corrected chi connectivity index (χ2v) is 9.66. The number of fused-ring (bicyclic) bond motifs is 1. The van der Waals surface area contributed by atoms with E-state index in [2.05, 4.69) is 24.5 Å². The number of aryl methyl sites for hydroxylation is 1. The Kier molecular flexibility index (Phi) is 4.98. The predicted octanol–water partition coefficient (Wildman–Crippen LogP) is 1.87. The van der Waals surface area contributed by atoms with Gasteiger partial charge in [-0.05, 0) is 67.5 Å². The van der Waals surface area contributed by atoms with E-state index in [1.165, 1.54) is 0 Å². The quantitative estimate of drug-likeness (QED) is 0.619. The van der Waals surface area contributed by atoms with E-state index in [9.17, 15) is 19.8 Å². The molecule has 0 spiro atoms. The van der Waals surface area contributed by atoms with Gasteiger partial charge in [-0.25, -0.2) is 0 Å². The highest BCUT2D eigenvalue weighted by molar-refractivity contribution is 5.91. The van der Waals surface area contributed by atoms with Gasteiger partial charge in [0, 0.05) is 30.7 Å². The Morgan fingerprint density at radius 1 is 1.38 bits per heavy atom. The lowest BCUT2D eigenvalue weighted by Gasteiger charge is -2.61. The van der Waals surface area contributed by atoms with Gasteiger partial charge in [-0.1, -0.05) is 13.8 Å². The average Bonchev–Trinajstić information content (AvgIpc) is 2.62. The van der Waals surface area contributed by atoms with E-state index in [4.69, 9.17) is 0 Å². The Morgan fingerprint density at radius 2 is 2.14 bits per heavy atom. The summed E-state index contributed by atoms with van der Waals surface area (Å²) in [5.74, 6) is 0.442. The van der Waals surface area contributed by atoms with Gasteiger partial charge in [0.15, 0.2) is 5.78 Å². The SMILES string of the molecule is Cc1cc(O)cc2c1C[C@H]1NCC[C@@]23CC(=O)[C@@H](NC(=O)CCC(C)C)C[C@@]13O. The molecule has 4 rings (SSSR count). The largest absolute Gasteiger partial charge is 0.508 e. The molecule has 6 heteroatoms. The fourth-order valence-corrected chi connectivity index (χ4v) is 5.83. The minimum Gasteiger partial charge on any atom is -0.508 e. The van der Waals surface area contributed by atoms with Crippen molar-refractivity contribution in [1.29, 1.82) is 0 Å². The summed E-state index contributed by atoms with van der Waals surface area (Å²) in [5.41, 5.74) is 1.18. The Bertz CT molecular complexity index is 852. The average molecular weight is 401 g/mol. The Balaban J connectivity index is 1.67. The van der Waals surface area contributed by atoms with Crippen LogP contribution in [-0.2, 0) is 21.4 Å². The number of hydrogen-bond donors (Lipinski definition) is 4. The third-order valence-corrected chi connectivity index (χ3v) is 7.39. The molecule has 1 saturated carbocycles. The molecule has 3 aliphatic rings. The molecule has 0 unspecified atom stereocenters. The van der Waals surface area contributed by atoms with E-state index >= 15 is 0 Å². The molecule has 4 N–H and O–H groups in total. The maximum atomic E-state index is 13.1. The molecule has 1 saturated heterocycles. The number of hydrogen-bond acceptors (Lipinski definition) is 5. The number of carbonyl (C=O) groups excluding carboxylic acids is 2. The zero-order chi connectivity index (χ0) is 21.0. The maximum Gasteiger partial charge on any atom is 0.220 e. The second kappa shape index (κ2) is 7.10. The van der Waals surface area contributed by atoms with Crippen LogP contribution in [0.1, 0.15) is 62.6 Å². The number of aliphatic hydroxyl groups is 1. The highest BCUT2D eigenvalue weighted by Gasteiger charge is 2.65. The molecule has 2 bridgehead atoms. The van der Waals surface area contributed by atoms with Crippen molar-refractivity contribution < 1.29 is 19.8 Å². The molecule has 1 amide bonds. The van der Waals surface area contributed by atoms with Gasteiger partial charge in [0.05, 0.1) is 11.6 Å². The van der Waals surface area contributed by atoms with Crippen molar-refractivity contribution in [1.82, 2.24) is 10.6 Å². The first-order chi connectivity index (χ1) is 13.7. The van der Waals surface area contributed by atoms with Crippen molar-refractivity contribution in [3.05, 3.63) is 28.8 Å². The predicted molar refractivity (Wildman–Crippen MR) is 110 cm³/mol. The Hall–Kier alpha value is -1.92. The monoisotopic (exact) mass is 400 g/mol. The zero-order valence-electron chi connectivity index (χ0n) is 17.5. The van der Waals surface area contributed by atoms with Crippen LogP contribution < -0.4 is 10.6 Å². The van der Waals surface area contributed by atoms with E-state index in [0.717, 1.165) is 29.7 Å². The second-order valence-electron chi connectivity index (χ2n) is 9.66. The van der Waals surface area contributed by atoms with E-state index < -0.39 is 17.1 Å². The van der Waals surface area contributed by atoms with E-state index in [1.54, 1.807) is 12.1 Å². The molecule has 1 heterocycles. The number of rotatable bonds is 4. The van der Waals surface area contributed by atoms with E-state index in [1.807, 2.05) is 6.92 Å². The van der Waals surface area contributed by atoms with Crippen molar-refractivity contribution in [3.63, 3.8) is 0 Å². The number of phenols is 1. The Morgan fingerprint density at radius 3 is 2.86 bits per heavy atom. The number of carbonyl (C=O) groups is 2. The third kappa shape index (κ3) is 3.17. The summed E-state index contributed by atoms with van der Waals surface area (Å²) in [6.07, 6.45) is 2.86. The number of Topliss-reactive ketones (excluding diaryl/α,β-unsaturated/α-hetero) is 1. The van der Waals surface area contributed by atoms with Crippen molar-refractivity contribution in [3.8, 4) is 5.75 Å². The third-order valence-electron chi connectivity index (χ3n) is 7.39. The molecule has 1 aromatic carbocycles. The lowest BCUT2D eigenvalue weighted by Crippen LogP contribution is -2.75. The van der Waals surface area contributed by atoms with Crippen molar-refractivity contribution in [2.75, 3.05) is 6.54 Å². The fourth-order valence-electron chi connectivity index (χ4n) is 5.83. The minimum absolute atomic E-state index is 0.0259. The normalized spacial score (nSPS) is 33.2. The molecular weight excluding hydrogens is 368 g/mol. The Labute approximate surface area is 172 Å². The molecule has 4 atom stereocenters. The standard InChI is InChI=1S/C23H32N2O4/c1-13(2)4-5-21(28)25-18-11-23(29)20-10-16-14(3)8-15(26)9-17(16)22(23,6-7-24-20)12-19(18)27/h8-9,13,18,20,24,26,29H,4-7,10-12H2,1-3H3,(H,25,28)/t18-,20+,22+,23+/m0/s1. The van der Waals surface area contributed by atoms with Gasteiger partial charge in [0.25, 0.3) is 0 Å². The molecule has 1 aliphatic heterocycles. The number of aromatic hydroxyl groups is 1. The number of piperidine rings is 1. The summed E-state index contributed by atoms with van der Waals surface area (Å²) < 4.78 is 0. The molecule has 0 radical (unpaired) electrons. The van der Waals surface area contributed by atoms with Gasteiger partial charge in [0.1, 0.15) is 5.75 Å². The summed E-state index contributed by atoms with van der Waals surface area (Å²) in [6, 6.07) is 2.66. The van der Waals surface area contributed by atoms with Crippen molar-refractivity contribution in [2.45, 2.75) is 82.4 Å². The molecule has 0 aromatic heterocycles. The van der Waals surface area contributed by atoms with Crippen LogP contribution in [-0.4, -0.2) is 46.1 Å². The van der Waals surface area contributed by atoms with E-state index in [0.29, 0.717) is 25.2 Å². The summed E-state index contributed by atoms with van der Waals surface area (Å²) in [5, 5.41) is 28.5. The van der Waals surface area contributed by atoms with Gasteiger partial charge < -0.3 is 20.8 Å². The number of amides is 1. The number of ketones is 1. The van der Waals surface area contributed by atoms with Crippen molar-refractivity contribution >= 4 is 11.7 Å². The summed E-state index contributed by atoms with van der Waals surface area (Å²) >= 11 is 0. The number of phenolic OH excluding ortho intramolecular Hbond substituents is 1. The van der Waals surface area contributed by atoms with Crippen LogP contribution in [0.5, 0.6) is 5.75 Å². The van der Waals surface area contributed by atoms with Crippen LogP contribution in [0.25, 0.3) is 0 Å². The molecule has 2 fully saturated rings. The first kappa shape index (κ1) is 20.4. The smallest absolute Gasteiger partial charge is 0.220 e. The lowest BCUT2D eigenvalue weighted by atomic mass is 9.49. The van der Waals surface area contributed by atoms with Gasteiger partial charge in [-0.3, -0.25) is 9.59 Å². The van der Waals surface area contributed by atoms with Crippen LogP contribution >= 0.6 is 0 Å². The molecule has 158 valence electrons. The maximum absolute atomic E-state index is 13.1. The van der Waals surface area contributed by atoms with Gasteiger partial charge in [-0.2, -0.15) is 0 Å². The van der Waals surface area contributed by atoms with E-state index in [-0.39, 0.29) is 36.3 Å².